The molecular formula is C59H32F3N5. The standard InChI is InChI=1S/C59H32F3N5/c1-65-51-21-15-41(16-22-51)47-27-45(39-11-7-37(35-63)8-12-39)29-49(31-47)43-19-25-56-53(33-43)54-34-44(20-26-57(54)67(56)58-6-4-3-5-55(58)59(60,61)62)50-30-46(40-13-9-38(36-64)10-14-40)28-48(32-50)42-17-23-52(66-2)24-18-42/h3-34H. The van der Waals surface area contributed by atoms with Crippen molar-refractivity contribution in [1.29, 1.82) is 10.5 Å². The molecule has 0 saturated carbocycles. The first-order valence-electron chi connectivity index (χ1n) is 21.1. The monoisotopic (exact) mass is 867 g/mol. The Bertz CT molecular complexity index is 3370. The van der Waals surface area contributed by atoms with Crippen LogP contribution in [0.3, 0.4) is 0 Å². The summed E-state index contributed by atoms with van der Waals surface area (Å²) in [6.07, 6.45) is -4.62. The Labute approximate surface area is 384 Å². The number of hydrogen-bond donors (Lipinski definition) is 0. The number of fused-ring (bicyclic) bond motifs is 3. The Morgan fingerprint density at radius 3 is 1.06 bits per heavy atom. The minimum Gasteiger partial charge on any atom is -0.309 e. The van der Waals surface area contributed by atoms with Crippen molar-refractivity contribution in [3.05, 3.63) is 234 Å². The first-order chi connectivity index (χ1) is 32.6. The quantitative estimate of drug-likeness (QED) is 0.150. The predicted octanol–water partition coefficient (Wildman–Crippen LogP) is 16.6. The molecule has 0 amide bonds. The number of rotatable bonds is 7. The Hall–Kier alpha value is -9.47. The van der Waals surface area contributed by atoms with Crippen molar-refractivity contribution in [3.63, 3.8) is 0 Å². The summed E-state index contributed by atoms with van der Waals surface area (Å²) < 4.78 is 46.1. The van der Waals surface area contributed by atoms with Crippen molar-refractivity contribution < 1.29 is 13.2 Å². The molecule has 0 fully saturated rings. The fourth-order valence-corrected chi connectivity index (χ4v) is 8.74. The van der Waals surface area contributed by atoms with Gasteiger partial charge in [-0.05, 0) is 164 Å². The van der Waals surface area contributed by atoms with E-state index in [4.69, 9.17) is 13.1 Å². The SMILES string of the molecule is [C-]#[N+]c1ccc(-c2cc(-c3ccc(C#N)cc3)cc(-c3ccc4c(c3)c3cc(-c5cc(-c6ccc(C#N)cc6)cc(-c6ccc([N+]#[C-])cc6)c5)ccc3n4-c3ccccc3C(F)(F)F)c2)cc1. The summed E-state index contributed by atoms with van der Waals surface area (Å²) in [7, 11) is 0. The molecule has 0 N–H and O–H groups in total. The van der Waals surface area contributed by atoms with Crippen molar-refractivity contribution in [2.45, 2.75) is 6.18 Å². The predicted molar refractivity (Wildman–Crippen MR) is 260 cm³/mol. The minimum atomic E-state index is -4.62. The smallest absolute Gasteiger partial charge is 0.309 e. The van der Waals surface area contributed by atoms with E-state index in [-0.39, 0.29) is 5.69 Å². The van der Waals surface area contributed by atoms with E-state index in [1.165, 1.54) is 12.1 Å². The first-order valence-corrected chi connectivity index (χ1v) is 21.1. The lowest BCUT2D eigenvalue weighted by molar-refractivity contribution is -0.137. The number of halogens is 3. The van der Waals surface area contributed by atoms with Crippen LogP contribution in [0.15, 0.2) is 194 Å². The third kappa shape index (κ3) is 7.94. The van der Waals surface area contributed by atoms with Crippen LogP contribution in [0.2, 0.25) is 0 Å². The van der Waals surface area contributed by atoms with Crippen molar-refractivity contribution in [2.24, 2.45) is 0 Å². The summed E-state index contributed by atoms with van der Waals surface area (Å²) in [6.45, 7) is 14.9. The first kappa shape index (κ1) is 41.5. The maximum atomic E-state index is 14.8. The number of hydrogen-bond acceptors (Lipinski definition) is 2. The highest BCUT2D eigenvalue weighted by Gasteiger charge is 2.34. The van der Waals surface area contributed by atoms with Crippen molar-refractivity contribution >= 4 is 33.2 Å². The maximum Gasteiger partial charge on any atom is 0.418 e. The van der Waals surface area contributed by atoms with Crippen LogP contribution >= 0.6 is 0 Å². The summed E-state index contributed by atoms with van der Waals surface area (Å²) in [4.78, 5) is 7.12. The Balaban J connectivity index is 1.21. The Morgan fingerprint density at radius 1 is 0.388 bits per heavy atom. The molecule has 0 aliphatic heterocycles. The molecule has 0 aliphatic carbocycles. The van der Waals surface area contributed by atoms with Crippen molar-refractivity contribution in [3.8, 4) is 84.6 Å². The molecule has 0 radical (unpaired) electrons. The molecule has 5 nitrogen and oxygen atoms in total. The molecule has 67 heavy (non-hydrogen) atoms. The van der Waals surface area contributed by atoms with Crippen LogP contribution in [-0.2, 0) is 6.18 Å². The summed E-state index contributed by atoms with van der Waals surface area (Å²) in [5.41, 5.74) is 13.2. The number of nitriles is 2. The summed E-state index contributed by atoms with van der Waals surface area (Å²) in [5.74, 6) is 0. The van der Waals surface area contributed by atoms with Crippen LogP contribution in [0.4, 0.5) is 24.5 Å². The fraction of sp³-hybridized carbons (Fsp3) is 0.0169. The van der Waals surface area contributed by atoms with Gasteiger partial charge >= 0.3 is 6.18 Å². The van der Waals surface area contributed by atoms with Crippen LogP contribution in [0, 0.1) is 35.8 Å². The van der Waals surface area contributed by atoms with Gasteiger partial charge in [0.15, 0.2) is 11.4 Å². The van der Waals surface area contributed by atoms with Crippen molar-refractivity contribution in [1.82, 2.24) is 4.57 Å². The van der Waals surface area contributed by atoms with Gasteiger partial charge in [-0.1, -0.05) is 97.1 Å². The van der Waals surface area contributed by atoms with Gasteiger partial charge < -0.3 is 4.57 Å². The second-order valence-electron chi connectivity index (χ2n) is 16.1. The lowest BCUT2D eigenvalue weighted by atomic mass is 9.92. The van der Waals surface area contributed by atoms with Gasteiger partial charge in [0, 0.05) is 10.8 Å². The topological polar surface area (TPSA) is 61.2 Å². The van der Waals surface area contributed by atoms with E-state index >= 15 is 0 Å². The lowest BCUT2D eigenvalue weighted by Gasteiger charge is -2.16. The molecule has 314 valence electrons. The number of aromatic nitrogens is 1. The van der Waals surface area contributed by atoms with Crippen LogP contribution in [0.1, 0.15) is 16.7 Å². The van der Waals surface area contributed by atoms with Gasteiger partial charge in [0.1, 0.15) is 0 Å². The van der Waals surface area contributed by atoms with Gasteiger partial charge in [-0.15, -0.1) is 0 Å². The van der Waals surface area contributed by atoms with E-state index < -0.39 is 11.7 Å². The van der Waals surface area contributed by atoms with Gasteiger partial charge in [-0.3, -0.25) is 0 Å². The van der Waals surface area contributed by atoms with Crippen molar-refractivity contribution in [2.75, 3.05) is 0 Å². The zero-order chi connectivity index (χ0) is 46.2. The lowest BCUT2D eigenvalue weighted by Crippen LogP contribution is -2.10. The Kier molecular flexibility index (Phi) is 10.5. The molecule has 1 heterocycles. The van der Waals surface area contributed by atoms with Gasteiger partial charge in [-0.2, -0.15) is 23.7 Å². The van der Waals surface area contributed by atoms with E-state index in [9.17, 15) is 23.7 Å². The molecular weight excluding hydrogens is 836 g/mol. The molecule has 0 bridgehead atoms. The molecule has 0 saturated heterocycles. The van der Waals surface area contributed by atoms with Gasteiger partial charge in [0.25, 0.3) is 0 Å². The van der Waals surface area contributed by atoms with E-state index in [0.717, 1.165) is 83.6 Å². The highest BCUT2D eigenvalue weighted by molar-refractivity contribution is 6.12. The molecule has 10 rings (SSSR count). The second kappa shape index (κ2) is 16.9. The molecule has 0 spiro atoms. The third-order valence-electron chi connectivity index (χ3n) is 12.1. The van der Waals surface area contributed by atoms with E-state index in [1.807, 2.05) is 84.9 Å². The molecule has 10 aromatic rings. The molecule has 0 aliphatic rings. The highest BCUT2D eigenvalue weighted by Crippen LogP contribution is 2.43. The van der Waals surface area contributed by atoms with E-state index in [0.29, 0.717) is 33.5 Å². The van der Waals surface area contributed by atoms with Gasteiger partial charge in [0.05, 0.1) is 58.7 Å². The Morgan fingerprint density at radius 2 is 0.716 bits per heavy atom. The van der Waals surface area contributed by atoms with Crippen LogP contribution in [-0.4, -0.2) is 4.57 Å². The third-order valence-corrected chi connectivity index (χ3v) is 12.1. The number of alkyl halides is 3. The minimum absolute atomic E-state index is 0.0106. The largest absolute Gasteiger partial charge is 0.418 e. The second-order valence-corrected chi connectivity index (χ2v) is 16.1. The fourth-order valence-electron chi connectivity index (χ4n) is 8.74. The number of benzene rings is 9. The molecule has 0 atom stereocenters. The molecule has 0 unspecified atom stereocenters. The zero-order valence-corrected chi connectivity index (χ0v) is 35.3. The van der Waals surface area contributed by atoms with Crippen LogP contribution < -0.4 is 0 Å². The normalized spacial score (nSPS) is 11.1. The summed E-state index contributed by atoms with van der Waals surface area (Å²) in [6, 6.07) is 63.6. The van der Waals surface area contributed by atoms with Crippen LogP contribution in [0.5, 0.6) is 0 Å². The van der Waals surface area contributed by atoms with E-state index in [1.54, 1.807) is 59.2 Å². The zero-order valence-electron chi connectivity index (χ0n) is 35.3. The van der Waals surface area contributed by atoms with Gasteiger partial charge in [0.2, 0.25) is 0 Å². The molecule has 8 heteroatoms. The summed E-state index contributed by atoms with van der Waals surface area (Å²) >= 11 is 0. The molecule has 9 aromatic carbocycles. The number of nitrogens with zero attached hydrogens (tertiary/aromatic N) is 5. The maximum absolute atomic E-state index is 14.8. The van der Waals surface area contributed by atoms with Crippen LogP contribution in [0.25, 0.3) is 104 Å². The average Bonchev–Trinajstić information content (AvgIpc) is 3.71. The summed E-state index contributed by atoms with van der Waals surface area (Å²) in [5, 5.41) is 20.5. The number of para-hydroxylation sites is 1. The highest BCUT2D eigenvalue weighted by atomic mass is 19.4. The van der Waals surface area contributed by atoms with Gasteiger partial charge in [-0.25, -0.2) is 9.69 Å². The molecule has 1 aromatic heterocycles. The average molecular weight is 868 g/mol. The van der Waals surface area contributed by atoms with E-state index in [2.05, 4.69) is 58.2 Å².